The summed E-state index contributed by atoms with van der Waals surface area (Å²) in [7, 11) is 0. The first-order valence-electron chi connectivity index (χ1n) is 8.73. The molecule has 1 saturated heterocycles. The van der Waals surface area contributed by atoms with Gasteiger partial charge in [0.1, 0.15) is 0 Å². The summed E-state index contributed by atoms with van der Waals surface area (Å²) in [6.45, 7) is 11.0. The summed E-state index contributed by atoms with van der Waals surface area (Å²) in [4.78, 5) is 17.3. The smallest absolute Gasteiger partial charge is 0.253 e. The zero-order chi connectivity index (χ0) is 17.3. The van der Waals surface area contributed by atoms with Crippen LogP contribution in [0.15, 0.2) is 12.3 Å². The standard InChI is InChI=1S/C18H27N5O/c1-12(2)23-16-14(10-21-23)9-15(13(3)22-16)17(24)20-11-18(4)5-7-19-8-6-18/h9-10,12,19H,5-8,11H2,1-4H3,(H,20,24). The van der Waals surface area contributed by atoms with E-state index in [0.717, 1.165) is 42.7 Å². The van der Waals surface area contributed by atoms with Crippen LogP contribution < -0.4 is 10.6 Å². The van der Waals surface area contributed by atoms with Gasteiger partial charge in [0.2, 0.25) is 0 Å². The topological polar surface area (TPSA) is 71.8 Å². The van der Waals surface area contributed by atoms with E-state index in [0.29, 0.717) is 12.1 Å². The van der Waals surface area contributed by atoms with E-state index in [9.17, 15) is 4.79 Å². The van der Waals surface area contributed by atoms with Crippen LogP contribution in [-0.4, -0.2) is 40.3 Å². The Bertz CT molecular complexity index is 743. The number of aryl methyl sites for hydroxylation is 1. The molecule has 1 fully saturated rings. The minimum absolute atomic E-state index is 0.0426. The lowest BCUT2D eigenvalue weighted by Crippen LogP contribution is -2.43. The molecule has 1 amide bonds. The van der Waals surface area contributed by atoms with Crippen LogP contribution in [-0.2, 0) is 0 Å². The summed E-state index contributed by atoms with van der Waals surface area (Å²) in [5.41, 5.74) is 2.40. The number of hydrogen-bond donors (Lipinski definition) is 2. The number of carbonyl (C=O) groups excluding carboxylic acids is 1. The SMILES string of the molecule is Cc1nc2c(cnn2C(C)C)cc1C(=O)NCC1(C)CCNCC1. The molecule has 3 rings (SSSR count). The van der Waals surface area contributed by atoms with Crippen LogP contribution in [0.25, 0.3) is 11.0 Å². The molecule has 1 aliphatic rings. The molecule has 0 aliphatic carbocycles. The van der Waals surface area contributed by atoms with Crippen molar-refractivity contribution in [2.75, 3.05) is 19.6 Å². The average Bonchev–Trinajstić information content (AvgIpc) is 2.95. The number of rotatable bonds is 4. The highest BCUT2D eigenvalue weighted by Gasteiger charge is 2.27. The minimum Gasteiger partial charge on any atom is -0.351 e. The maximum atomic E-state index is 12.6. The maximum absolute atomic E-state index is 12.6. The molecule has 2 aromatic heterocycles. The Balaban J connectivity index is 1.78. The molecule has 24 heavy (non-hydrogen) atoms. The second-order valence-corrected chi connectivity index (χ2v) is 7.46. The van der Waals surface area contributed by atoms with Gasteiger partial charge in [-0.2, -0.15) is 5.10 Å². The van der Waals surface area contributed by atoms with Crippen molar-refractivity contribution in [2.24, 2.45) is 5.41 Å². The van der Waals surface area contributed by atoms with Gasteiger partial charge in [0.15, 0.2) is 5.65 Å². The van der Waals surface area contributed by atoms with Gasteiger partial charge in [-0.15, -0.1) is 0 Å². The maximum Gasteiger partial charge on any atom is 0.253 e. The fraction of sp³-hybridized carbons (Fsp3) is 0.611. The molecule has 0 radical (unpaired) electrons. The van der Waals surface area contributed by atoms with Crippen LogP contribution in [0.3, 0.4) is 0 Å². The van der Waals surface area contributed by atoms with Crippen molar-refractivity contribution < 1.29 is 4.79 Å². The quantitative estimate of drug-likeness (QED) is 0.904. The van der Waals surface area contributed by atoms with E-state index < -0.39 is 0 Å². The summed E-state index contributed by atoms with van der Waals surface area (Å²) in [5, 5.41) is 11.8. The van der Waals surface area contributed by atoms with Gasteiger partial charge in [0, 0.05) is 18.0 Å². The Morgan fingerprint density at radius 2 is 2.12 bits per heavy atom. The largest absolute Gasteiger partial charge is 0.351 e. The molecule has 0 atom stereocenters. The Hall–Kier alpha value is -1.95. The zero-order valence-electron chi connectivity index (χ0n) is 15.0. The molecule has 0 bridgehead atoms. The van der Waals surface area contributed by atoms with Crippen LogP contribution in [0.2, 0.25) is 0 Å². The highest BCUT2D eigenvalue weighted by atomic mass is 16.1. The lowest BCUT2D eigenvalue weighted by Gasteiger charge is -2.34. The number of amides is 1. The Morgan fingerprint density at radius 1 is 1.42 bits per heavy atom. The molecular formula is C18H27N5O. The van der Waals surface area contributed by atoms with Crippen LogP contribution in [0.4, 0.5) is 0 Å². The van der Waals surface area contributed by atoms with Crippen molar-refractivity contribution >= 4 is 16.9 Å². The lowest BCUT2D eigenvalue weighted by atomic mass is 9.81. The first-order valence-corrected chi connectivity index (χ1v) is 8.73. The molecule has 2 aromatic rings. The fourth-order valence-corrected chi connectivity index (χ4v) is 3.27. The molecule has 1 aliphatic heterocycles. The molecule has 0 unspecified atom stereocenters. The van der Waals surface area contributed by atoms with E-state index in [4.69, 9.17) is 0 Å². The normalized spacial score (nSPS) is 17.4. The van der Waals surface area contributed by atoms with E-state index in [-0.39, 0.29) is 17.4 Å². The summed E-state index contributed by atoms with van der Waals surface area (Å²) >= 11 is 0. The highest BCUT2D eigenvalue weighted by Crippen LogP contribution is 2.27. The second-order valence-electron chi connectivity index (χ2n) is 7.46. The van der Waals surface area contributed by atoms with Gasteiger partial charge >= 0.3 is 0 Å². The molecule has 3 heterocycles. The predicted molar refractivity (Wildman–Crippen MR) is 95.2 cm³/mol. The first kappa shape index (κ1) is 16.9. The molecule has 0 aromatic carbocycles. The molecule has 0 saturated carbocycles. The van der Waals surface area contributed by atoms with Crippen molar-refractivity contribution in [1.29, 1.82) is 0 Å². The zero-order valence-corrected chi connectivity index (χ0v) is 15.0. The third-order valence-electron chi connectivity index (χ3n) is 4.98. The number of nitrogens with one attached hydrogen (secondary N) is 2. The summed E-state index contributed by atoms with van der Waals surface area (Å²) in [6, 6.07) is 2.15. The van der Waals surface area contributed by atoms with Gasteiger partial charge in [0.05, 0.1) is 17.5 Å². The van der Waals surface area contributed by atoms with E-state index >= 15 is 0 Å². The van der Waals surface area contributed by atoms with Crippen molar-refractivity contribution in [2.45, 2.75) is 46.6 Å². The molecule has 2 N–H and O–H groups in total. The predicted octanol–water partition coefficient (Wildman–Crippen LogP) is 2.44. The number of piperidine rings is 1. The van der Waals surface area contributed by atoms with Gasteiger partial charge in [-0.3, -0.25) is 4.79 Å². The van der Waals surface area contributed by atoms with Crippen molar-refractivity contribution in [3.05, 3.63) is 23.5 Å². The van der Waals surface area contributed by atoms with Gasteiger partial charge in [-0.25, -0.2) is 9.67 Å². The Morgan fingerprint density at radius 3 is 2.79 bits per heavy atom. The lowest BCUT2D eigenvalue weighted by molar-refractivity contribution is 0.0921. The van der Waals surface area contributed by atoms with E-state index in [1.807, 2.05) is 17.7 Å². The number of nitrogens with zero attached hydrogens (tertiary/aromatic N) is 3. The summed E-state index contributed by atoms with van der Waals surface area (Å²) < 4.78 is 1.89. The van der Waals surface area contributed by atoms with Crippen LogP contribution in [0.1, 0.15) is 55.7 Å². The number of carbonyl (C=O) groups is 1. The number of hydrogen-bond acceptors (Lipinski definition) is 4. The molecular weight excluding hydrogens is 302 g/mol. The monoisotopic (exact) mass is 329 g/mol. The fourth-order valence-electron chi connectivity index (χ4n) is 3.27. The average molecular weight is 329 g/mol. The molecule has 6 heteroatoms. The Kier molecular flexibility index (Phi) is 4.58. The number of aromatic nitrogens is 3. The van der Waals surface area contributed by atoms with Crippen molar-refractivity contribution in [1.82, 2.24) is 25.4 Å². The second kappa shape index (κ2) is 6.51. The van der Waals surface area contributed by atoms with Crippen LogP contribution >= 0.6 is 0 Å². The number of fused-ring (bicyclic) bond motifs is 1. The molecule has 0 spiro atoms. The third kappa shape index (κ3) is 3.29. The van der Waals surface area contributed by atoms with Crippen molar-refractivity contribution in [3.63, 3.8) is 0 Å². The molecule has 6 nitrogen and oxygen atoms in total. The van der Waals surface area contributed by atoms with Gasteiger partial charge in [-0.1, -0.05) is 6.92 Å². The van der Waals surface area contributed by atoms with E-state index in [1.165, 1.54) is 0 Å². The van der Waals surface area contributed by atoms with Gasteiger partial charge in [0.25, 0.3) is 5.91 Å². The third-order valence-corrected chi connectivity index (χ3v) is 4.98. The van der Waals surface area contributed by atoms with Crippen LogP contribution in [0.5, 0.6) is 0 Å². The minimum atomic E-state index is -0.0426. The van der Waals surface area contributed by atoms with Gasteiger partial charge < -0.3 is 10.6 Å². The Labute approximate surface area is 143 Å². The number of pyridine rings is 1. The van der Waals surface area contributed by atoms with Crippen LogP contribution in [0, 0.1) is 12.3 Å². The first-order chi connectivity index (χ1) is 11.4. The van der Waals surface area contributed by atoms with Crippen molar-refractivity contribution in [3.8, 4) is 0 Å². The molecule has 130 valence electrons. The highest BCUT2D eigenvalue weighted by molar-refractivity contribution is 5.98. The van der Waals surface area contributed by atoms with E-state index in [2.05, 4.69) is 41.5 Å². The van der Waals surface area contributed by atoms with Gasteiger partial charge in [-0.05, 0) is 58.2 Å². The van der Waals surface area contributed by atoms with E-state index in [1.54, 1.807) is 6.20 Å². The summed E-state index contributed by atoms with van der Waals surface area (Å²) in [5.74, 6) is -0.0426. The summed E-state index contributed by atoms with van der Waals surface area (Å²) in [6.07, 6.45) is 3.96.